The number of aromatic nitrogens is 2. The minimum atomic E-state index is -0.393. The third-order valence-corrected chi connectivity index (χ3v) is 4.01. The zero-order valence-corrected chi connectivity index (χ0v) is 10.0. The third-order valence-electron chi connectivity index (χ3n) is 2.64. The molecule has 2 N–H and O–H groups in total. The van der Waals surface area contributed by atoms with Crippen molar-refractivity contribution in [1.82, 2.24) is 9.97 Å². The smallest absolute Gasteiger partial charge is 0.222 e. The molecular weight excluding hydrogens is 227 g/mol. The summed E-state index contributed by atoms with van der Waals surface area (Å²) in [6, 6.07) is 0. The summed E-state index contributed by atoms with van der Waals surface area (Å²) >= 11 is 1.93. The molecular formula is C10H15FN4S. The van der Waals surface area contributed by atoms with E-state index in [1.807, 2.05) is 16.7 Å². The highest BCUT2D eigenvalue weighted by Crippen LogP contribution is 2.26. The molecule has 1 fully saturated rings. The number of halogens is 1. The predicted molar refractivity (Wildman–Crippen MR) is 65.2 cm³/mol. The molecule has 1 aliphatic heterocycles. The van der Waals surface area contributed by atoms with Gasteiger partial charge >= 0.3 is 0 Å². The number of hydrogen-bond donors (Lipinski definition) is 1. The molecule has 0 aromatic carbocycles. The Labute approximate surface area is 98.4 Å². The summed E-state index contributed by atoms with van der Waals surface area (Å²) < 4.78 is 13.6. The molecule has 1 unspecified atom stereocenters. The van der Waals surface area contributed by atoms with Crippen molar-refractivity contribution in [3.8, 4) is 0 Å². The quantitative estimate of drug-likeness (QED) is 0.852. The van der Waals surface area contributed by atoms with Crippen molar-refractivity contribution in [3.05, 3.63) is 12.0 Å². The van der Waals surface area contributed by atoms with Crippen LogP contribution in [0.2, 0.25) is 0 Å². The molecule has 1 atom stereocenters. The Hall–Kier alpha value is -1.04. The molecule has 0 spiro atoms. The number of anilines is 2. The number of nitrogens with two attached hydrogens (primary N) is 1. The average molecular weight is 242 g/mol. The van der Waals surface area contributed by atoms with Gasteiger partial charge in [-0.25, -0.2) is 9.37 Å². The largest absolute Gasteiger partial charge is 0.368 e. The zero-order chi connectivity index (χ0) is 11.5. The fourth-order valence-corrected chi connectivity index (χ4v) is 2.93. The first kappa shape index (κ1) is 11.4. The Balaban J connectivity index is 2.19. The van der Waals surface area contributed by atoms with Crippen LogP contribution >= 0.6 is 11.8 Å². The van der Waals surface area contributed by atoms with Crippen LogP contribution in [-0.4, -0.2) is 34.1 Å². The number of rotatable bonds is 2. The van der Waals surface area contributed by atoms with Crippen molar-refractivity contribution in [2.24, 2.45) is 0 Å². The van der Waals surface area contributed by atoms with E-state index in [1.165, 1.54) is 0 Å². The van der Waals surface area contributed by atoms with E-state index in [4.69, 9.17) is 5.73 Å². The molecule has 0 aliphatic carbocycles. The van der Waals surface area contributed by atoms with Crippen LogP contribution in [0.15, 0.2) is 6.20 Å². The SMILES string of the molecule is CCC1CN(c2nc(N)ncc2F)CCS1. The van der Waals surface area contributed by atoms with Gasteiger partial charge in [0.15, 0.2) is 11.6 Å². The lowest BCUT2D eigenvalue weighted by Crippen LogP contribution is -2.38. The molecule has 88 valence electrons. The predicted octanol–water partition coefficient (Wildman–Crippen LogP) is 1.53. The molecule has 4 nitrogen and oxygen atoms in total. The highest BCUT2D eigenvalue weighted by Gasteiger charge is 2.22. The van der Waals surface area contributed by atoms with Gasteiger partial charge in [-0.1, -0.05) is 6.92 Å². The van der Waals surface area contributed by atoms with Gasteiger partial charge < -0.3 is 10.6 Å². The summed E-state index contributed by atoms with van der Waals surface area (Å²) in [5.41, 5.74) is 5.48. The van der Waals surface area contributed by atoms with Crippen molar-refractivity contribution in [2.45, 2.75) is 18.6 Å². The lowest BCUT2D eigenvalue weighted by molar-refractivity contribution is 0.598. The van der Waals surface area contributed by atoms with E-state index < -0.39 is 5.82 Å². The first-order valence-electron chi connectivity index (χ1n) is 5.35. The number of thioether (sulfide) groups is 1. The second-order valence-corrected chi connectivity index (χ2v) is 5.16. The highest BCUT2D eigenvalue weighted by molar-refractivity contribution is 8.00. The van der Waals surface area contributed by atoms with E-state index in [1.54, 1.807) is 0 Å². The third kappa shape index (κ3) is 2.37. The van der Waals surface area contributed by atoms with E-state index >= 15 is 0 Å². The molecule has 0 radical (unpaired) electrons. The molecule has 1 saturated heterocycles. The molecule has 1 aromatic heterocycles. The van der Waals surface area contributed by atoms with Gasteiger partial charge in [0.1, 0.15) is 0 Å². The first-order chi connectivity index (χ1) is 7.70. The Morgan fingerprint density at radius 1 is 1.69 bits per heavy atom. The maximum atomic E-state index is 13.6. The maximum absolute atomic E-state index is 13.6. The molecule has 16 heavy (non-hydrogen) atoms. The van der Waals surface area contributed by atoms with Gasteiger partial charge in [-0.3, -0.25) is 0 Å². The van der Waals surface area contributed by atoms with Gasteiger partial charge in [-0.2, -0.15) is 16.7 Å². The lowest BCUT2D eigenvalue weighted by atomic mass is 10.3. The lowest BCUT2D eigenvalue weighted by Gasteiger charge is -2.32. The minimum absolute atomic E-state index is 0.127. The van der Waals surface area contributed by atoms with Gasteiger partial charge in [0, 0.05) is 24.1 Å². The molecule has 0 bridgehead atoms. The van der Waals surface area contributed by atoms with Crippen LogP contribution in [0.5, 0.6) is 0 Å². The summed E-state index contributed by atoms with van der Waals surface area (Å²) in [5.74, 6) is 1.08. The zero-order valence-electron chi connectivity index (χ0n) is 9.19. The van der Waals surface area contributed by atoms with E-state index in [-0.39, 0.29) is 5.95 Å². The van der Waals surface area contributed by atoms with Crippen molar-refractivity contribution in [2.75, 3.05) is 29.5 Å². The van der Waals surface area contributed by atoms with E-state index in [9.17, 15) is 4.39 Å². The van der Waals surface area contributed by atoms with Gasteiger partial charge in [0.25, 0.3) is 0 Å². The second-order valence-electron chi connectivity index (χ2n) is 3.75. The van der Waals surface area contributed by atoms with Crippen LogP contribution in [0.3, 0.4) is 0 Å². The standard InChI is InChI=1S/C10H15FN4S/c1-2-7-6-15(3-4-16-7)9-8(11)5-13-10(12)14-9/h5,7H,2-4,6H2,1H3,(H2,12,13,14). The summed E-state index contributed by atoms with van der Waals surface area (Å²) in [5, 5.41) is 0.546. The van der Waals surface area contributed by atoms with Crippen molar-refractivity contribution in [1.29, 1.82) is 0 Å². The first-order valence-corrected chi connectivity index (χ1v) is 6.40. The van der Waals surface area contributed by atoms with Crippen LogP contribution in [0, 0.1) is 5.82 Å². The van der Waals surface area contributed by atoms with Crippen LogP contribution < -0.4 is 10.6 Å². The number of nitrogen functional groups attached to an aromatic ring is 1. The van der Waals surface area contributed by atoms with Gasteiger partial charge in [-0.15, -0.1) is 0 Å². The van der Waals surface area contributed by atoms with Crippen LogP contribution in [0.4, 0.5) is 16.2 Å². The van der Waals surface area contributed by atoms with Gasteiger partial charge in [0.05, 0.1) is 6.20 Å². The molecule has 1 aliphatic rings. The molecule has 0 amide bonds. The molecule has 2 heterocycles. The summed E-state index contributed by atoms with van der Waals surface area (Å²) in [6.07, 6.45) is 2.23. The maximum Gasteiger partial charge on any atom is 0.222 e. The molecule has 6 heteroatoms. The Kier molecular flexibility index (Phi) is 3.48. The van der Waals surface area contributed by atoms with Crippen LogP contribution in [-0.2, 0) is 0 Å². The normalized spacial score (nSPS) is 21.1. The minimum Gasteiger partial charge on any atom is -0.368 e. The average Bonchev–Trinajstić information content (AvgIpc) is 2.32. The monoisotopic (exact) mass is 242 g/mol. The van der Waals surface area contributed by atoms with E-state index in [0.717, 1.165) is 31.5 Å². The van der Waals surface area contributed by atoms with Gasteiger partial charge in [-0.05, 0) is 6.42 Å². The Morgan fingerprint density at radius 3 is 3.25 bits per heavy atom. The highest BCUT2D eigenvalue weighted by atomic mass is 32.2. The second kappa shape index (κ2) is 4.86. The summed E-state index contributed by atoms with van der Waals surface area (Å²) in [7, 11) is 0. The number of hydrogen-bond acceptors (Lipinski definition) is 5. The van der Waals surface area contributed by atoms with Gasteiger partial charge in [0.2, 0.25) is 5.95 Å². The van der Waals surface area contributed by atoms with E-state index in [2.05, 4.69) is 16.9 Å². The fraction of sp³-hybridized carbons (Fsp3) is 0.600. The Morgan fingerprint density at radius 2 is 2.50 bits per heavy atom. The van der Waals surface area contributed by atoms with Crippen LogP contribution in [0.1, 0.15) is 13.3 Å². The summed E-state index contributed by atoms with van der Waals surface area (Å²) in [6.45, 7) is 3.79. The topological polar surface area (TPSA) is 55.0 Å². The molecule has 2 rings (SSSR count). The van der Waals surface area contributed by atoms with Crippen LogP contribution in [0.25, 0.3) is 0 Å². The molecule has 1 aromatic rings. The molecule has 0 saturated carbocycles. The van der Waals surface area contributed by atoms with Crippen molar-refractivity contribution < 1.29 is 4.39 Å². The van der Waals surface area contributed by atoms with Crippen molar-refractivity contribution in [3.63, 3.8) is 0 Å². The van der Waals surface area contributed by atoms with Crippen molar-refractivity contribution >= 4 is 23.5 Å². The number of nitrogens with zero attached hydrogens (tertiary/aromatic N) is 3. The Bertz CT molecular complexity index is 374. The van der Waals surface area contributed by atoms with E-state index in [0.29, 0.717) is 11.1 Å². The fourth-order valence-electron chi connectivity index (χ4n) is 1.75. The summed E-state index contributed by atoms with van der Waals surface area (Å²) in [4.78, 5) is 9.56.